The number of carboxylic acid groups (broad SMARTS) is 1. The fourth-order valence-electron chi connectivity index (χ4n) is 1.44. The summed E-state index contributed by atoms with van der Waals surface area (Å²) in [7, 11) is 0. The van der Waals surface area contributed by atoms with Gasteiger partial charge in [0.15, 0.2) is 0 Å². The van der Waals surface area contributed by atoms with Crippen LogP contribution in [0.4, 0.5) is 0 Å². The van der Waals surface area contributed by atoms with Gasteiger partial charge in [-0.3, -0.25) is 14.4 Å². The van der Waals surface area contributed by atoms with Crippen LogP contribution in [-0.4, -0.2) is 46.9 Å². The highest BCUT2D eigenvalue weighted by Crippen LogP contribution is 2.00. The second-order valence-electron chi connectivity index (χ2n) is 4.57. The summed E-state index contributed by atoms with van der Waals surface area (Å²) in [6, 6.07) is -0.267. The molecule has 0 spiro atoms. The van der Waals surface area contributed by atoms with Crippen molar-refractivity contribution < 1.29 is 19.5 Å². The molecule has 21 heavy (non-hydrogen) atoms. The van der Waals surface area contributed by atoms with Crippen molar-refractivity contribution in [3.8, 4) is 0 Å². The van der Waals surface area contributed by atoms with Crippen LogP contribution in [0.25, 0.3) is 0 Å². The van der Waals surface area contributed by atoms with Gasteiger partial charge in [-0.2, -0.15) is 0 Å². The molecule has 0 saturated heterocycles. The number of hydrogen-bond donors (Lipinski definition) is 2. The van der Waals surface area contributed by atoms with Crippen molar-refractivity contribution in [2.75, 3.05) is 13.1 Å². The summed E-state index contributed by atoms with van der Waals surface area (Å²) in [5.74, 6) is -2.04. The minimum Gasteiger partial charge on any atom is -0.480 e. The second kappa shape index (κ2) is 9.52. The van der Waals surface area contributed by atoms with E-state index >= 15 is 0 Å². The molecule has 0 rings (SSSR count). The molecule has 2 N–H and O–H groups in total. The quantitative estimate of drug-likeness (QED) is 0.518. The number of nitrogens with one attached hydrogen (secondary N) is 1. The van der Waals surface area contributed by atoms with Gasteiger partial charge in [0, 0.05) is 24.7 Å². The highest BCUT2D eigenvalue weighted by Gasteiger charge is 2.17. The minimum absolute atomic E-state index is 0.267. The van der Waals surface area contributed by atoms with Gasteiger partial charge >= 0.3 is 5.97 Å². The number of hydrogen-bond acceptors (Lipinski definition) is 3. The van der Waals surface area contributed by atoms with Gasteiger partial charge < -0.3 is 15.3 Å². The van der Waals surface area contributed by atoms with E-state index in [9.17, 15) is 14.4 Å². The maximum Gasteiger partial charge on any atom is 0.323 e. The van der Waals surface area contributed by atoms with Crippen molar-refractivity contribution >= 4 is 17.8 Å². The van der Waals surface area contributed by atoms with E-state index in [1.54, 1.807) is 19.9 Å². The van der Waals surface area contributed by atoms with Crippen LogP contribution in [0.2, 0.25) is 0 Å². The zero-order valence-corrected chi connectivity index (χ0v) is 12.6. The maximum atomic E-state index is 11.8. The maximum absolute atomic E-state index is 11.8. The van der Waals surface area contributed by atoms with Gasteiger partial charge in [0.05, 0.1) is 0 Å². The molecule has 0 radical (unpaired) electrons. The van der Waals surface area contributed by atoms with Crippen LogP contribution in [0.1, 0.15) is 20.8 Å². The molecular formula is C15H22N2O4. The molecular weight excluding hydrogens is 272 g/mol. The Morgan fingerprint density at radius 1 is 1.29 bits per heavy atom. The van der Waals surface area contributed by atoms with Gasteiger partial charge in [-0.1, -0.05) is 18.7 Å². The summed E-state index contributed by atoms with van der Waals surface area (Å²) < 4.78 is 0. The molecule has 0 fully saturated rings. The molecule has 0 unspecified atom stereocenters. The van der Waals surface area contributed by atoms with Gasteiger partial charge in [-0.15, -0.1) is 0 Å². The first-order chi connectivity index (χ1) is 9.81. The average Bonchev–Trinajstić information content (AvgIpc) is 2.42. The standard InChI is InChI=1S/C15H22N2O4/c1-5-12(6-2)9-16-13(18)7-8-14(19)17(11(3)4)10-15(20)21/h5-8,11H,1,9-10H2,2-4H3,(H,16,18)(H,20,21)/b8-7+,12-6+. The van der Waals surface area contributed by atoms with Gasteiger partial charge in [-0.25, -0.2) is 0 Å². The van der Waals surface area contributed by atoms with Crippen molar-refractivity contribution in [1.82, 2.24) is 10.2 Å². The molecule has 116 valence electrons. The Hall–Kier alpha value is -2.37. The van der Waals surface area contributed by atoms with Crippen LogP contribution >= 0.6 is 0 Å². The van der Waals surface area contributed by atoms with E-state index in [1.807, 2.05) is 13.0 Å². The van der Waals surface area contributed by atoms with Crippen molar-refractivity contribution in [2.45, 2.75) is 26.8 Å². The topological polar surface area (TPSA) is 86.7 Å². The molecule has 0 saturated carbocycles. The Morgan fingerprint density at radius 3 is 2.33 bits per heavy atom. The third kappa shape index (κ3) is 7.71. The summed E-state index contributed by atoms with van der Waals surface area (Å²) in [6.07, 6.45) is 5.61. The zero-order chi connectivity index (χ0) is 16.4. The SMILES string of the molecule is C=C/C(=C\C)CNC(=O)/C=C/C(=O)N(CC(=O)O)C(C)C. The lowest BCUT2D eigenvalue weighted by Gasteiger charge is -2.23. The molecule has 0 aromatic carbocycles. The monoisotopic (exact) mass is 294 g/mol. The van der Waals surface area contributed by atoms with E-state index in [-0.39, 0.29) is 6.04 Å². The smallest absolute Gasteiger partial charge is 0.323 e. The molecule has 0 bridgehead atoms. The van der Waals surface area contributed by atoms with E-state index in [1.165, 1.54) is 0 Å². The van der Waals surface area contributed by atoms with E-state index in [0.717, 1.165) is 22.6 Å². The van der Waals surface area contributed by atoms with Crippen LogP contribution in [0.3, 0.4) is 0 Å². The number of carboxylic acids is 1. The van der Waals surface area contributed by atoms with Crippen LogP contribution in [0, 0.1) is 0 Å². The molecule has 0 atom stereocenters. The van der Waals surface area contributed by atoms with Crippen molar-refractivity contribution in [1.29, 1.82) is 0 Å². The van der Waals surface area contributed by atoms with Crippen LogP contribution in [0.5, 0.6) is 0 Å². The Morgan fingerprint density at radius 2 is 1.90 bits per heavy atom. The molecule has 2 amide bonds. The number of aliphatic carboxylic acids is 1. The molecule has 0 heterocycles. The van der Waals surface area contributed by atoms with E-state index in [4.69, 9.17) is 5.11 Å². The zero-order valence-electron chi connectivity index (χ0n) is 12.6. The number of carbonyl (C=O) groups excluding carboxylic acids is 2. The molecule has 6 heteroatoms. The lowest BCUT2D eigenvalue weighted by atomic mass is 10.2. The van der Waals surface area contributed by atoms with Gasteiger partial charge in [0.2, 0.25) is 11.8 Å². The van der Waals surface area contributed by atoms with Crippen LogP contribution in [0.15, 0.2) is 36.5 Å². The van der Waals surface area contributed by atoms with Gasteiger partial charge in [0.25, 0.3) is 0 Å². The number of rotatable bonds is 8. The molecule has 0 aliphatic carbocycles. The van der Waals surface area contributed by atoms with Crippen molar-refractivity contribution in [3.05, 3.63) is 36.5 Å². The lowest BCUT2D eigenvalue weighted by Crippen LogP contribution is -2.39. The summed E-state index contributed by atoms with van der Waals surface area (Å²) in [4.78, 5) is 35.2. The first-order valence-electron chi connectivity index (χ1n) is 6.57. The van der Waals surface area contributed by atoms with Crippen LogP contribution < -0.4 is 5.32 Å². The highest BCUT2D eigenvalue weighted by molar-refractivity contribution is 5.97. The third-order valence-electron chi connectivity index (χ3n) is 2.69. The molecule has 6 nitrogen and oxygen atoms in total. The molecule has 0 aromatic rings. The highest BCUT2D eigenvalue weighted by atomic mass is 16.4. The Bertz CT molecular complexity index is 464. The van der Waals surface area contributed by atoms with Crippen molar-refractivity contribution in [3.63, 3.8) is 0 Å². The van der Waals surface area contributed by atoms with E-state index < -0.39 is 24.3 Å². The Balaban J connectivity index is 4.56. The molecule has 0 aliphatic heterocycles. The summed E-state index contributed by atoms with van der Waals surface area (Å²) in [5, 5.41) is 11.3. The Labute approximate surface area is 124 Å². The first kappa shape index (κ1) is 18.6. The van der Waals surface area contributed by atoms with E-state index in [2.05, 4.69) is 11.9 Å². The predicted octanol–water partition coefficient (Wildman–Crippen LogP) is 1.11. The first-order valence-corrected chi connectivity index (χ1v) is 6.57. The second-order valence-corrected chi connectivity index (χ2v) is 4.57. The summed E-state index contributed by atoms with van der Waals surface area (Å²) >= 11 is 0. The predicted molar refractivity (Wildman–Crippen MR) is 80.6 cm³/mol. The summed E-state index contributed by atoms with van der Waals surface area (Å²) in [5.41, 5.74) is 0.859. The lowest BCUT2D eigenvalue weighted by molar-refractivity contribution is -0.143. The molecule has 0 aliphatic rings. The van der Waals surface area contributed by atoms with Crippen LogP contribution in [-0.2, 0) is 14.4 Å². The third-order valence-corrected chi connectivity index (χ3v) is 2.69. The fourth-order valence-corrected chi connectivity index (χ4v) is 1.44. The van der Waals surface area contributed by atoms with Gasteiger partial charge in [-0.05, 0) is 26.3 Å². The summed E-state index contributed by atoms with van der Waals surface area (Å²) in [6.45, 7) is 8.76. The van der Waals surface area contributed by atoms with Crippen molar-refractivity contribution in [2.24, 2.45) is 0 Å². The number of nitrogens with zero attached hydrogens (tertiary/aromatic N) is 1. The number of carbonyl (C=O) groups is 3. The number of amides is 2. The Kier molecular flexibility index (Phi) is 8.45. The normalized spacial score (nSPS) is 11.5. The average molecular weight is 294 g/mol. The molecule has 0 aromatic heterocycles. The largest absolute Gasteiger partial charge is 0.480 e. The fraction of sp³-hybridized carbons (Fsp3) is 0.400. The van der Waals surface area contributed by atoms with E-state index in [0.29, 0.717) is 6.54 Å². The van der Waals surface area contributed by atoms with Gasteiger partial charge in [0.1, 0.15) is 6.54 Å². The minimum atomic E-state index is -1.10. The number of allylic oxidation sites excluding steroid dienone is 1.